The van der Waals surface area contributed by atoms with Crippen molar-refractivity contribution in [2.24, 2.45) is 5.73 Å². The van der Waals surface area contributed by atoms with Crippen molar-refractivity contribution >= 4 is 0 Å². The van der Waals surface area contributed by atoms with Crippen molar-refractivity contribution in [1.29, 1.82) is 0 Å². The third-order valence-electron chi connectivity index (χ3n) is 2.96. The minimum atomic E-state index is 0.0242. The Bertz CT molecular complexity index is 439. The summed E-state index contributed by atoms with van der Waals surface area (Å²) in [7, 11) is 0. The first-order chi connectivity index (χ1) is 8.84. The fraction of sp³-hybridized carbons (Fsp3) is 0.250. The van der Waals surface area contributed by atoms with Crippen molar-refractivity contribution in [2.45, 2.75) is 19.0 Å². The molecule has 0 aromatic heterocycles. The highest BCUT2D eigenvalue weighted by Crippen LogP contribution is 2.01. The number of benzene rings is 2. The lowest BCUT2D eigenvalue weighted by molar-refractivity contribution is 0.528. The number of hydrogen-bond acceptors (Lipinski definition) is 2. The average Bonchev–Trinajstić information content (AvgIpc) is 2.41. The minimum Gasteiger partial charge on any atom is -0.316 e. The molecule has 0 spiro atoms. The first-order valence-corrected chi connectivity index (χ1v) is 6.41. The van der Waals surface area contributed by atoms with Gasteiger partial charge in [0, 0.05) is 13.0 Å². The van der Waals surface area contributed by atoms with E-state index in [2.05, 4.69) is 41.7 Å². The molecule has 0 bridgehead atoms. The topological polar surface area (TPSA) is 38.0 Å². The van der Waals surface area contributed by atoms with Gasteiger partial charge in [-0.1, -0.05) is 60.7 Å². The van der Waals surface area contributed by atoms with E-state index >= 15 is 0 Å². The Balaban J connectivity index is 1.71. The molecule has 2 rings (SSSR count). The maximum Gasteiger partial charge on any atom is 0.0587 e. The van der Waals surface area contributed by atoms with Crippen molar-refractivity contribution < 1.29 is 0 Å². The van der Waals surface area contributed by atoms with Crippen molar-refractivity contribution in [2.75, 3.05) is 6.54 Å². The SMILES string of the molecule is NC(Cc1ccccc1)NCCc1ccccc1. The fourth-order valence-electron chi connectivity index (χ4n) is 1.99. The van der Waals surface area contributed by atoms with Gasteiger partial charge >= 0.3 is 0 Å². The van der Waals surface area contributed by atoms with E-state index in [9.17, 15) is 0 Å². The van der Waals surface area contributed by atoms with Gasteiger partial charge in [0.25, 0.3) is 0 Å². The molecule has 2 heteroatoms. The maximum absolute atomic E-state index is 6.06. The van der Waals surface area contributed by atoms with Crippen molar-refractivity contribution in [1.82, 2.24) is 5.32 Å². The highest BCUT2D eigenvalue weighted by Gasteiger charge is 2.02. The van der Waals surface area contributed by atoms with Gasteiger partial charge in [0.05, 0.1) is 6.17 Å². The molecule has 0 saturated carbocycles. The van der Waals surface area contributed by atoms with E-state index in [1.165, 1.54) is 11.1 Å². The quantitative estimate of drug-likeness (QED) is 0.761. The Morgan fingerprint density at radius 2 is 1.39 bits per heavy atom. The van der Waals surface area contributed by atoms with Crippen LogP contribution in [-0.2, 0) is 12.8 Å². The molecular weight excluding hydrogens is 220 g/mol. The molecule has 0 aliphatic carbocycles. The molecular formula is C16H20N2. The standard InChI is InChI=1S/C16H20N2/c17-16(13-15-9-5-2-6-10-15)18-12-11-14-7-3-1-4-8-14/h1-10,16,18H,11-13,17H2. The summed E-state index contributed by atoms with van der Waals surface area (Å²) in [4.78, 5) is 0. The summed E-state index contributed by atoms with van der Waals surface area (Å²) in [6, 6.07) is 20.8. The zero-order valence-corrected chi connectivity index (χ0v) is 10.5. The van der Waals surface area contributed by atoms with Gasteiger partial charge in [-0.25, -0.2) is 0 Å². The van der Waals surface area contributed by atoms with Crippen LogP contribution in [0.25, 0.3) is 0 Å². The van der Waals surface area contributed by atoms with Gasteiger partial charge in [0.15, 0.2) is 0 Å². The van der Waals surface area contributed by atoms with Gasteiger partial charge in [-0.15, -0.1) is 0 Å². The smallest absolute Gasteiger partial charge is 0.0587 e. The van der Waals surface area contributed by atoms with E-state index in [4.69, 9.17) is 5.73 Å². The second-order valence-corrected chi connectivity index (χ2v) is 4.49. The summed E-state index contributed by atoms with van der Waals surface area (Å²) >= 11 is 0. The van der Waals surface area contributed by atoms with Gasteiger partial charge in [-0.3, -0.25) is 0 Å². The van der Waals surface area contributed by atoms with Crippen LogP contribution in [-0.4, -0.2) is 12.7 Å². The second-order valence-electron chi connectivity index (χ2n) is 4.49. The predicted molar refractivity (Wildman–Crippen MR) is 76.3 cm³/mol. The largest absolute Gasteiger partial charge is 0.316 e. The highest BCUT2D eigenvalue weighted by molar-refractivity contribution is 5.16. The summed E-state index contributed by atoms with van der Waals surface area (Å²) < 4.78 is 0. The molecule has 0 aliphatic rings. The van der Waals surface area contributed by atoms with E-state index in [1.54, 1.807) is 0 Å². The van der Waals surface area contributed by atoms with Crippen LogP contribution in [0.4, 0.5) is 0 Å². The molecule has 2 aromatic carbocycles. The van der Waals surface area contributed by atoms with Crippen molar-refractivity contribution in [3.05, 3.63) is 71.8 Å². The second kappa shape index (κ2) is 6.94. The third kappa shape index (κ3) is 4.32. The first kappa shape index (κ1) is 12.8. The summed E-state index contributed by atoms with van der Waals surface area (Å²) in [5.74, 6) is 0. The van der Waals surface area contributed by atoms with Gasteiger partial charge in [-0.05, 0) is 17.5 Å². The lowest BCUT2D eigenvalue weighted by Crippen LogP contribution is -2.40. The number of hydrogen-bond donors (Lipinski definition) is 2. The predicted octanol–water partition coefficient (Wildman–Crippen LogP) is 2.35. The molecule has 94 valence electrons. The molecule has 2 aromatic rings. The first-order valence-electron chi connectivity index (χ1n) is 6.41. The zero-order valence-electron chi connectivity index (χ0n) is 10.5. The maximum atomic E-state index is 6.06. The Kier molecular flexibility index (Phi) is 4.94. The van der Waals surface area contributed by atoms with Crippen LogP contribution in [0.1, 0.15) is 11.1 Å². The monoisotopic (exact) mass is 240 g/mol. The van der Waals surface area contributed by atoms with Crippen LogP contribution < -0.4 is 11.1 Å². The number of nitrogens with two attached hydrogens (primary N) is 1. The van der Waals surface area contributed by atoms with Crippen LogP contribution in [0.2, 0.25) is 0 Å². The van der Waals surface area contributed by atoms with Gasteiger partial charge in [-0.2, -0.15) is 0 Å². The van der Waals surface area contributed by atoms with Crippen molar-refractivity contribution in [3.63, 3.8) is 0 Å². The van der Waals surface area contributed by atoms with Crippen LogP contribution in [0.5, 0.6) is 0 Å². The van der Waals surface area contributed by atoms with E-state index in [0.29, 0.717) is 0 Å². The molecule has 0 amide bonds. The van der Waals surface area contributed by atoms with Crippen LogP contribution in [0.15, 0.2) is 60.7 Å². The van der Waals surface area contributed by atoms with Crippen LogP contribution in [0.3, 0.4) is 0 Å². The molecule has 0 aliphatic heterocycles. The van der Waals surface area contributed by atoms with E-state index < -0.39 is 0 Å². The Morgan fingerprint density at radius 1 is 0.833 bits per heavy atom. The normalized spacial score (nSPS) is 12.3. The summed E-state index contributed by atoms with van der Waals surface area (Å²) in [5, 5.41) is 3.36. The van der Waals surface area contributed by atoms with E-state index in [1.807, 2.05) is 24.3 Å². The fourth-order valence-corrected chi connectivity index (χ4v) is 1.99. The molecule has 1 atom stereocenters. The average molecular weight is 240 g/mol. The minimum absolute atomic E-state index is 0.0242. The Morgan fingerprint density at radius 3 is 2.00 bits per heavy atom. The third-order valence-corrected chi connectivity index (χ3v) is 2.96. The van der Waals surface area contributed by atoms with Crippen molar-refractivity contribution in [3.8, 4) is 0 Å². The van der Waals surface area contributed by atoms with Crippen LogP contribution in [0, 0.1) is 0 Å². The molecule has 3 N–H and O–H groups in total. The van der Waals surface area contributed by atoms with Gasteiger partial charge in [0.1, 0.15) is 0 Å². The van der Waals surface area contributed by atoms with Gasteiger partial charge in [0.2, 0.25) is 0 Å². The van der Waals surface area contributed by atoms with E-state index in [-0.39, 0.29) is 6.17 Å². The lowest BCUT2D eigenvalue weighted by Gasteiger charge is -2.13. The Hall–Kier alpha value is -1.64. The molecule has 0 heterocycles. The lowest BCUT2D eigenvalue weighted by atomic mass is 10.1. The number of rotatable bonds is 6. The summed E-state index contributed by atoms with van der Waals surface area (Å²) in [5.41, 5.74) is 8.68. The van der Waals surface area contributed by atoms with E-state index in [0.717, 1.165) is 19.4 Å². The molecule has 1 unspecified atom stereocenters. The highest BCUT2D eigenvalue weighted by atomic mass is 15.0. The molecule has 2 nitrogen and oxygen atoms in total. The molecule has 0 fully saturated rings. The molecule has 18 heavy (non-hydrogen) atoms. The number of nitrogens with one attached hydrogen (secondary N) is 1. The van der Waals surface area contributed by atoms with Crippen LogP contribution >= 0.6 is 0 Å². The van der Waals surface area contributed by atoms with Gasteiger partial charge < -0.3 is 11.1 Å². The molecule has 0 saturated heterocycles. The summed E-state index contributed by atoms with van der Waals surface area (Å²) in [6.07, 6.45) is 1.91. The Labute approximate surface area is 109 Å². The summed E-state index contributed by atoms with van der Waals surface area (Å²) in [6.45, 7) is 0.915. The molecule has 0 radical (unpaired) electrons. The zero-order chi connectivity index (χ0) is 12.6.